The van der Waals surface area contributed by atoms with Gasteiger partial charge in [0.1, 0.15) is 11.6 Å². The van der Waals surface area contributed by atoms with Crippen LogP contribution in [-0.2, 0) is 0 Å². The summed E-state index contributed by atoms with van der Waals surface area (Å²) in [5.74, 6) is 1.55. The highest BCUT2D eigenvalue weighted by Gasteiger charge is 2.19. The molecule has 1 fully saturated rings. The van der Waals surface area contributed by atoms with Crippen LogP contribution in [0.2, 0.25) is 0 Å². The number of hydrogen-bond donors (Lipinski definition) is 1. The van der Waals surface area contributed by atoms with Crippen molar-refractivity contribution in [1.82, 2.24) is 15.0 Å². The van der Waals surface area contributed by atoms with Gasteiger partial charge in [-0.15, -0.1) is 0 Å². The summed E-state index contributed by atoms with van der Waals surface area (Å²) in [5, 5.41) is 0. The number of anilines is 3. The minimum absolute atomic E-state index is 0.558. The summed E-state index contributed by atoms with van der Waals surface area (Å²) in [6, 6.07) is 3.86. The van der Waals surface area contributed by atoms with Gasteiger partial charge in [-0.25, -0.2) is 9.97 Å². The standard InChI is InChI=1S/C14H18N6/c1-11-14(17-5-4-16-11)20-8-6-19(7-9-20)12-2-3-13(15)18-10-12/h2-5,10H,6-9H2,1H3,(H2,15,18). The van der Waals surface area contributed by atoms with Gasteiger partial charge in [0, 0.05) is 38.6 Å². The molecule has 104 valence electrons. The molecule has 6 heteroatoms. The highest BCUT2D eigenvalue weighted by atomic mass is 15.3. The first-order valence-corrected chi connectivity index (χ1v) is 6.73. The maximum Gasteiger partial charge on any atom is 0.150 e. The fraction of sp³-hybridized carbons (Fsp3) is 0.357. The second-order valence-electron chi connectivity index (χ2n) is 4.88. The molecule has 0 spiro atoms. The molecule has 0 amide bonds. The van der Waals surface area contributed by atoms with E-state index >= 15 is 0 Å². The minimum Gasteiger partial charge on any atom is -0.384 e. The van der Waals surface area contributed by atoms with Crippen molar-refractivity contribution in [1.29, 1.82) is 0 Å². The van der Waals surface area contributed by atoms with E-state index in [0.29, 0.717) is 5.82 Å². The van der Waals surface area contributed by atoms with Crippen LogP contribution in [0, 0.1) is 6.92 Å². The number of hydrogen-bond acceptors (Lipinski definition) is 6. The molecule has 3 rings (SSSR count). The number of rotatable bonds is 2. The molecule has 3 heterocycles. The molecule has 0 bridgehead atoms. The molecule has 0 aromatic carbocycles. The lowest BCUT2D eigenvalue weighted by molar-refractivity contribution is 0.643. The van der Waals surface area contributed by atoms with Gasteiger partial charge in [-0.3, -0.25) is 4.98 Å². The summed E-state index contributed by atoms with van der Waals surface area (Å²) in [6.07, 6.45) is 5.31. The van der Waals surface area contributed by atoms with Crippen molar-refractivity contribution in [2.24, 2.45) is 0 Å². The number of nitrogen functional groups attached to an aromatic ring is 1. The van der Waals surface area contributed by atoms with Crippen LogP contribution in [0.15, 0.2) is 30.7 Å². The van der Waals surface area contributed by atoms with Crippen molar-refractivity contribution in [3.8, 4) is 0 Å². The molecule has 1 saturated heterocycles. The molecule has 0 atom stereocenters. The van der Waals surface area contributed by atoms with E-state index in [-0.39, 0.29) is 0 Å². The molecular formula is C14H18N6. The number of piperazine rings is 1. The van der Waals surface area contributed by atoms with Gasteiger partial charge in [-0.2, -0.15) is 0 Å². The van der Waals surface area contributed by atoms with Gasteiger partial charge in [0.05, 0.1) is 17.6 Å². The van der Waals surface area contributed by atoms with Crippen molar-refractivity contribution in [3.05, 3.63) is 36.4 Å². The van der Waals surface area contributed by atoms with Gasteiger partial charge < -0.3 is 15.5 Å². The Labute approximate surface area is 118 Å². The van der Waals surface area contributed by atoms with Gasteiger partial charge in [0.15, 0.2) is 0 Å². The lowest BCUT2D eigenvalue weighted by Crippen LogP contribution is -2.47. The van der Waals surface area contributed by atoms with Gasteiger partial charge in [0.25, 0.3) is 0 Å². The highest BCUT2D eigenvalue weighted by Crippen LogP contribution is 2.20. The molecule has 0 radical (unpaired) electrons. The largest absolute Gasteiger partial charge is 0.384 e. The SMILES string of the molecule is Cc1nccnc1N1CCN(c2ccc(N)nc2)CC1. The van der Waals surface area contributed by atoms with Crippen molar-refractivity contribution in [3.63, 3.8) is 0 Å². The lowest BCUT2D eigenvalue weighted by atomic mass is 10.2. The Bertz CT molecular complexity index is 574. The third-order valence-corrected chi connectivity index (χ3v) is 3.57. The zero-order valence-corrected chi connectivity index (χ0v) is 11.5. The number of aryl methyl sites for hydroxylation is 1. The molecule has 20 heavy (non-hydrogen) atoms. The van der Waals surface area contributed by atoms with E-state index in [9.17, 15) is 0 Å². The second kappa shape index (κ2) is 5.32. The second-order valence-corrected chi connectivity index (χ2v) is 4.88. The Balaban J connectivity index is 1.68. The van der Waals surface area contributed by atoms with Gasteiger partial charge in [0.2, 0.25) is 0 Å². The molecule has 0 unspecified atom stereocenters. The fourth-order valence-electron chi connectivity index (χ4n) is 2.47. The molecule has 2 aromatic rings. The first kappa shape index (κ1) is 12.7. The van der Waals surface area contributed by atoms with Crippen molar-refractivity contribution in [2.45, 2.75) is 6.92 Å². The topological polar surface area (TPSA) is 71.2 Å². The van der Waals surface area contributed by atoms with Crippen LogP contribution in [0.25, 0.3) is 0 Å². The Kier molecular flexibility index (Phi) is 3.37. The Morgan fingerprint density at radius 3 is 2.30 bits per heavy atom. The van der Waals surface area contributed by atoms with Gasteiger partial charge in [-0.1, -0.05) is 0 Å². The van der Waals surface area contributed by atoms with Crippen molar-refractivity contribution < 1.29 is 0 Å². The van der Waals surface area contributed by atoms with E-state index in [1.165, 1.54) is 0 Å². The predicted molar refractivity (Wildman–Crippen MR) is 79.8 cm³/mol. The summed E-state index contributed by atoms with van der Waals surface area (Å²) < 4.78 is 0. The molecule has 1 aliphatic rings. The Hall–Kier alpha value is -2.37. The van der Waals surface area contributed by atoms with Crippen molar-refractivity contribution >= 4 is 17.3 Å². The molecule has 1 aliphatic heterocycles. The van der Waals surface area contributed by atoms with Crippen LogP contribution in [0.1, 0.15) is 5.69 Å². The molecule has 0 saturated carbocycles. The monoisotopic (exact) mass is 270 g/mol. The van der Waals surface area contributed by atoms with Crippen LogP contribution < -0.4 is 15.5 Å². The van der Waals surface area contributed by atoms with Crippen LogP contribution >= 0.6 is 0 Å². The zero-order valence-electron chi connectivity index (χ0n) is 11.5. The number of nitrogens with zero attached hydrogens (tertiary/aromatic N) is 5. The van der Waals surface area contributed by atoms with E-state index < -0.39 is 0 Å². The molecule has 6 nitrogen and oxygen atoms in total. The molecule has 2 N–H and O–H groups in total. The predicted octanol–water partition coefficient (Wildman–Crippen LogP) is 1.09. The quantitative estimate of drug-likeness (QED) is 0.880. The van der Waals surface area contributed by atoms with E-state index in [0.717, 1.165) is 43.4 Å². The van der Waals surface area contributed by atoms with E-state index in [1.807, 2.05) is 25.3 Å². The van der Waals surface area contributed by atoms with E-state index in [4.69, 9.17) is 5.73 Å². The van der Waals surface area contributed by atoms with Gasteiger partial charge >= 0.3 is 0 Å². The lowest BCUT2D eigenvalue weighted by Gasteiger charge is -2.36. The van der Waals surface area contributed by atoms with Crippen molar-refractivity contribution in [2.75, 3.05) is 41.7 Å². The first-order valence-electron chi connectivity index (χ1n) is 6.73. The van der Waals surface area contributed by atoms with E-state index in [1.54, 1.807) is 12.4 Å². The smallest absolute Gasteiger partial charge is 0.150 e. The summed E-state index contributed by atoms with van der Waals surface area (Å²) in [5.41, 5.74) is 7.72. The Morgan fingerprint density at radius 1 is 0.950 bits per heavy atom. The summed E-state index contributed by atoms with van der Waals surface area (Å²) >= 11 is 0. The third kappa shape index (κ3) is 2.49. The minimum atomic E-state index is 0.558. The first-order chi connectivity index (χ1) is 9.74. The highest BCUT2D eigenvalue weighted by molar-refractivity contribution is 5.51. The number of aromatic nitrogens is 3. The maximum absolute atomic E-state index is 5.62. The summed E-state index contributed by atoms with van der Waals surface area (Å²) in [7, 11) is 0. The van der Waals surface area contributed by atoms with E-state index in [2.05, 4.69) is 24.8 Å². The summed E-state index contributed by atoms with van der Waals surface area (Å²) in [6.45, 7) is 5.76. The average Bonchev–Trinajstić information content (AvgIpc) is 2.49. The van der Waals surface area contributed by atoms with Crippen LogP contribution in [0.5, 0.6) is 0 Å². The Morgan fingerprint density at radius 2 is 1.65 bits per heavy atom. The number of nitrogens with two attached hydrogens (primary N) is 1. The molecule has 2 aromatic heterocycles. The zero-order chi connectivity index (χ0) is 13.9. The number of pyridine rings is 1. The van der Waals surface area contributed by atoms with Crippen LogP contribution in [-0.4, -0.2) is 41.1 Å². The maximum atomic E-state index is 5.62. The van der Waals surface area contributed by atoms with Gasteiger partial charge in [-0.05, 0) is 19.1 Å². The normalized spacial score (nSPS) is 15.4. The fourth-order valence-corrected chi connectivity index (χ4v) is 2.47. The summed E-state index contributed by atoms with van der Waals surface area (Å²) in [4.78, 5) is 17.5. The molecule has 0 aliphatic carbocycles. The average molecular weight is 270 g/mol. The van der Waals surface area contributed by atoms with Crippen LogP contribution in [0.4, 0.5) is 17.3 Å². The van der Waals surface area contributed by atoms with Crippen LogP contribution in [0.3, 0.4) is 0 Å². The third-order valence-electron chi connectivity index (χ3n) is 3.57. The molecular weight excluding hydrogens is 252 g/mol.